The van der Waals surface area contributed by atoms with Crippen molar-refractivity contribution in [1.29, 1.82) is 0 Å². The maximum atomic E-state index is 14.5. The first-order valence-corrected chi connectivity index (χ1v) is 45.4. The average Bonchev–Trinajstić information content (AvgIpc) is 0.806. The van der Waals surface area contributed by atoms with E-state index in [-0.39, 0.29) is 30.3 Å². The van der Waals surface area contributed by atoms with Crippen LogP contribution in [-0.4, -0.2) is 155 Å². The molecule has 0 unspecified atom stereocenters. The molecule has 3 saturated heterocycles. The van der Waals surface area contributed by atoms with Crippen LogP contribution in [-0.2, 0) is 97.2 Å². The Bertz CT molecular complexity index is 5590. The summed E-state index contributed by atoms with van der Waals surface area (Å²) in [5, 5.41) is 3.56. The molecule has 0 bridgehead atoms. The Morgan fingerprint density at radius 2 is 0.652 bits per heavy atom. The molecule has 678 valence electrons. The summed E-state index contributed by atoms with van der Waals surface area (Å²) in [5.41, 5.74) is 12.7. The number of alkyl halides is 3. The summed E-state index contributed by atoms with van der Waals surface area (Å²) < 4.78 is 57.0. The highest BCUT2D eigenvalue weighted by Gasteiger charge is 2.36. The molecule has 3 heterocycles. The molecule has 132 heavy (non-hydrogen) atoms. The lowest BCUT2D eigenvalue weighted by Gasteiger charge is -2.39. The Hall–Kier alpha value is -13.8. The molecule has 0 radical (unpaired) electrons. The van der Waals surface area contributed by atoms with Gasteiger partial charge in [0.25, 0.3) is 0 Å². The van der Waals surface area contributed by atoms with Crippen LogP contribution in [0.4, 0.5) is 13.2 Å². The van der Waals surface area contributed by atoms with E-state index >= 15 is 0 Å². The van der Waals surface area contributed by atoms with Crippen molar-refractivity contribution in [2.75, 3.05) is 78.5 Å². The molecule has 19 heteroatoms. The molecule has 13 aromatic rings. The van der Waals surface area contributed by atoms with E-state index in [9.17, 15) is 37.1 Å². The van der Waals surface area contributed by atoms with Crippen LogP contribution in [0.1, 0.15) is 89.6 Å². The van der Waals surface area contributed by atoms with E-state index in [4.69, 9.17) is 14.2 Å². The second-order valence-corrected chi connectivity index (χ2v) is 33.4. The van der Waals surface area contributed by atoms with Crippen molar-refractivity contribution in [3.8, 4) is 17.2 Å². The van der Waals surface area contributed by atoms with E-state index < -0.39 is 23.7 Å². The lowest BCUT2D eigenvalue weighted by molar-refractivity contribution is -0.145. The number of halogens is 3. The highest BCUT2D eigenvalue weighted by Crippen LogP contribution is 2.30. The van der Waals surface area contributed by atoms with Gasteiger partial charge in [0.1, 0.15) is 49.4 Å². The fourth-order valence-corrected chi connectivity index (χ4v) is 16.1. The number of rotatable bonds is 33. The summed E-state index contributed by atoms with van der Waals surface area (Å²) in [6.07, 6.45) is 0.968. The zero-order valence-electron chi connectivity index (χ0n) is 75.0. The van der Waals surface area contributed by atoms with Crippen molar-refractivity contribution >= 4 is 36.0 Å². The largest absolute Gasteiger partial charge is 0.489 e. The Morgan fingerprint density at radius 3 is 1.02 bits per heavy atom. The third-order valence-electron chi connectivity index (χ3n) is 23.6. The fourth-order valence-electron chi connectivity index (χ4n) is 16.1. The minimum atomic E-state index is -4.46. The number of ether oxygens (including phenoxy) is 3. The van der Waals surface area contributed by atoms with Crippen LogP contribution < -0.4 is 19.5 Å². The van der Waals surface area contributed by atoms with Crippen molar-refractivity contribution in [3.05, 3.63) is 454 Å². The second kappa shape index (κ2) is 51.0. The maximum absolute atomic E-state index is 14.5. The van der Waals surface area contributed by atoms with Crippen LogP contribution in [0.5, 0.6) is 17.2 Å². The number of piperazine rings is 3. The number of carbonyl (C=O) groups is 5. The molecule has 1 N–H and O–H groups in total. The first-order valence-electron chi connectivity index (χ1n) is 45.4. The minimum Gasteiger partial charge on any atom is -0.489 e. The Balaban J connectivity index is 0.000000163. The van der Waals surface area contributed by atoms with Gasteiger partial charge in [0.2, 0.25) is 23.6 Å². The number of hydrogen-bond donors (Lipinski definition) is 1. The molecule has 0 aliphatic carbocycles. The summed E-state index contributed by atoms with van der Waals surface area (Å²) in [5.74, 6) is 2.23. The molecule has 0 saturated carbocycles. The molecule has 3 atom stereocenters. The number of amides is 4. The molecular weight excluding hydrogens is 1650 g/mol. The van der Waals surface area contributed by atoms with Gasteiger partial charge >= 0.3 is 6.18 Å². The molecular formula is C113H117F3N8O8. The average molecular weight is 1770 g/mol. The van der Waals surface area contributed by atoms with Gasteiger partial charge < -0.3 is 39.1 Å². The Morgan fingerprint density at radius 1 is 0.341 bits per heavy atom. The SMILES string of the molecule is C[C@@H](Cc1ccccc1)C(=O)N1CCN(Cc2ccccc2)CC1.O=C([C@H](Cc1ccccc1)N(Cc1ccc(OCc2ccccc2)cc1)C(=O)/C=C/c1ccc(C(F)(F)F)cc1)N1CCN(Cc2ccccc2)CC1.O=C([C@H](Cc1ccccc1)NCc1ccc(OCc2ccccc2)cc1)N1CCN(Cc2ccccc2)CC1.O=Cc1ccc(OCc2ccccc2)cc1. The number of aldehydes is 1. The van der Waals surface area contributed by atoms with Gasteiger partial charge in [0.05, 0.1) is 11.6 Å². The highest BCUT2D eigenvalue weighted by atomic mass is 19.4. The first-order chi connectivity index (χ1) is 64.5. The van der Waals surface area contributed by atoms with Crippen molar-refractivity contribution in [3.63, 3.8) is 0 Å². The third-order valence-corrected chi connectivity index (χ3v) is 23.6. The second-order valence-electron chi connectivity index (χ2n) is 33.4. The summed E-state index contributed by atoms with van der Waals surface area (Å²) >= 11 is 0. The van der Waals surface area contributed by atoms with Gasteiger partial charge in [-0.1, -0.05) is 316 Å². The van der Waals surface area contributed by atoms with Gasteiger partial charge in [-0.3, -0.25) is 38.7 Å². The van der Waals surface area contributed by atoms with Crippen molar-refractivity contribution in [1.82, 2.24) is 39.6 Å². The van der Waals surface area contributed by atoms with Crippen LogP contribution in [0.15, 0.2) is 376 Å². The van der Waals surface area contributed by atoms with Gasteiger partial charge in [0, 0.05) is 135 Å². The first kappa shape index (κ1) is 95.8. The molecule has 0 spiro atoms. The van der Waals surface area contributed by atoms with Crippen molar-refractivity contribution < 1.29 is 51.4 Å². The molecule has 3 fully saturated rings. The number of nitrogens with one attached hydrogen (secondary N) is 1. The molecule has 16 nitrogen and oxygen atoms in total. The van der Waals surface area contributed by atoms with Crippen LogP contribution in [0.25, 0.3) is 6.08 Å². The van der Waals surface area contributed by atoms with Crippen molar-refractivity contribution in [2.45, 2.75) is 97.0 Å². The topological polar surface area (TPSA) is 148 Å². The smallest absolute Gasteiger partial charge is 0.416 e. The maximum Gasteiger partial charge on any atom is 0.416 e. The van der Waals surface area contributed by atoms with E-state index in [0.29, 0.717) is 88.2 Å². The summed E-state index contributed by atoms with van der Waals surface area (Å²) in [6, 6.07) is 118. The predicted octanol–water partition coefficient (Wildman–Crippen LogP) is 19.9. The molecule has 13 aromatic carbocycles. The van der Waals surface area contributed by atoms with Gasteiger partial charge in [-0.05, 0) is 146 Å². The standard InChI is InChI=1S/C44H42F3N3O3.C34H37N3O2.C21H26N2O.C14H12O2/c45-44(46,47)39-21-16-34(17-22-39)20-25-42(51)50(32-37-18-23-40(24-19-37)53-33-38-14-8-3-9-15-38)41(30-35-10-4-1-5-11-35)43(52)49-28-26-48(27-29-49)31-36-12-6-2-7-13-36;38-34(37-22-20-36(21-23-37)26-30-12-6-2-7-13-30)33(24-28-10-4-1-5-11-28)35-25-29-16-18-32(19-17-29)39-27-31-14-8-3-9-15-31;1-18(16-19-8-4-2-5-9-19)21(24)23-14-12-22(13-15-23)17-20-10-6-3-7-11-20;15-10-12-6-8-14(9-7-12)16-11-13-4-2-1-3-5-13/h1-25,41H,26-33H2;1-19,33,35H,20-27H2;2-11,18H,12-17H2,1H3;1-10H,11H2/b25-20+;;;/t41-;33-;18-;/m000./s1. The summed E-state index contributed by atoms with van der Waals surface area (Å²) in [7, 11) is 0. The van der Waals surface area contributed by atoms with Crippen LogP contribution in [0.3, 0.4) is 0 Å². The third kappa shape index (κ3) is 31.5. The zero-order chi connectivity index (χ0) is 91.7. The van der Waals surface area contributed by atoms with Gasteiger partial charge in [-0.15, -0.1) is 0 Å². The lowest BCUT2D eigenvalue weighted by Crippen LogP contribution is -2.56. The molecule has 3 aliphatic rings. The Kier molecular flexibility index (Phi) is 37.0. The monoisotopic (exact) mass is 1770 g/mol. The number of benzene rings is 13. The number of carbonyl (C=O) groups excluding carboxylic acids is 5. The molecule has 0 aromatic heterocycles. The highest BCUT2D eigenvalue weighted by molar-refractivity contribution is 5.96. The summed E-state index contributed by atoms with van der Waals surface area (Å²) in [6.45, 7) is 16.3. The van der Waals surface area contributed by atoms with Crippen molar-refractivity contribution in [2.24, 2.45) is 5.92 Å². The van der Waals surface area contributed by atoms with E-state index in [1.807, 2.05) is 234 Å². The predicted molar refractivity (Wildman–Crippen MR) is 517 cm³/mol. The number of hydrogen-bond acceptors (Lipinski definition) is 12. The van der Waals surface area contributed by atoms with Crippen LogP contribution in [0, 0.1) is 5.92 Å². The number of nitrogens with zero attached hydrogens (tertiary/aromatic N) is 7. The Labute approximate surface area is 775 Å². The van der Waals surface area contributed by atoms with Crippen LogP contribution in [0.2, 0.25) is 0 Å². The summed E-state index contributed by atoms with van der Waals surface area (Å²) in [4.78, 5) is 80.2. The van der Waals surface area contributed by atoms with Crippen LogP contribution >= 0.6 is 0 Å². The van der Waals surface area contributed by atoms with Gasteiger partial charge in [-0.25, -0.2) is 0 Å². The zero-order valence-corrected chi connectivity index (χ0v) is 75.0. The van der Waals surface area contributed by atoms with Gasteiger partial charge in [0.15, 0.2) is 0 Å². The van der Waals surface area contributed by atoms with E-state index in [0.717, 1.165) is 147 Å². The normalized spacial score (nSPS) is 14.3. The van der Waals surface area contributed by atoms with E-state index in [1.54, 1.807) is 29.2 Å². The lowest BCUT2D eigenvalue weighted by atomic mass is 9.99. The molecule has 3 aliphatic heterocycles. The van der Waals surface area contributed by atoms with Gasteiger partial charge in [-0.2, -0.15) is 13.2 Å². The fraction of sp³-hybridized carbons (Fsp3) is 0.248. The molecule has 4 amide bonds. The quantitative estimate of drug-likeness (QED) is 0.0308. The minimum absolute atomic E-state index is 0.0491. The molecule has 16 rings (SSSR count). The van der Waals surface area contributed by atoms with E-state index in [1.165, 1.54) is 46.5 Å². The van der Waals surface area contributed by atoms with E-state index in [2.05, 4.69) is 129 Å².